The molecule has 0 aromatic heterocycles. The summed E-state index contributed by atoms with van der Waals surface area (Å²) < 4.78 is 4.25. The van der Waals surface area contributed by atoms with E-state index >= 15 is 0 Å². The summed E-state index contributed by atoms with van der Waals surface area (Å²) in [6, 6.07) is 10.4. The van der Waals surface area contributed by atoms with Gasteiger partial charge in [-0.2, -0.15) is 0 Å². The lowest BCUT2D eigenvalue weighted by Crippen LogP contribution is -2.10. The van der Waals surface area contributed by atoms with Gasteiger partial charge in [-0.25, -0.2) is 0 Å². The molecule has 94 valence electrons. The maximum Gasteiger partial charge on any atom is 0.248 e. The van der Waals surface area contributed by atoms with E-state index in [1.165, 1.54) is 0 Å². The molecule has 1 amide bonds. The number of amides is 1. The van der Waals surface area contributed by atoms with Crippen LogP contribution in [0.3, 0.4) is 0 Å². The van der Waals surface area contributed by atoms with Crippen molar-refractivity contribution < 1.29 is 14.3 Å². The quantitative estimate of drug-likeness (QED) is 0.823. The minimum Gasteiger partial charge on any atom is -0.388 e. The minimum absolute atomic E-state index is 0.448. The van der Waals surface area contributed by atoms with Crippen LogP contribution >= 0.6 is 0 Å². The Morgan fingerprint density at radius 2 is 1.67 bits per heavy atom. The maximum absolute atomic E-state index is 10.9. The Hall–Kier alpha value is -2.20. The van der Waals surface area contributed by atoms with E-state index in [0.29, 0.717) is 11.1 Å². The molecule has 0 bridgehead atoms. The van der Waals surface area contributed by atoms with Gasteiger partial charge in [-0.05, 0) is 29.0 Å². The molecular formula is C14H15NO3. The smallest absolute Gasteiger partial charge is 0.248 e. The first-order valence-electron chi connectivity index (χ1n) is 5.31. The summed E-state index contributed by atoms with van der Waals surface area (Å²) in [5.41, 5.74) is 6.26. The van der Waals surface area contributed by atoms with Crippen molar-refractivity contribution >= 4 is 23.0 Å². The van der Waals surface area contributed by atoms with Crippen LogP contribution in [0, 0.1) is 0 Å². The van der Waals surface area contributed by atoms with E-state index in [1.807, 2.05) is 0 Å². The molecule has 4 nitrogen and oxygen atoms in total. The highest BCUT2D eigenvalue weighted by molar-refractivity contribution is 5.98. The molecule has 2 rings (SSSR count). The minimum atomic E-state index is -0.448. The van der Waals surface area contributed by atoms with E-state index in [4.69, 9.17) is 5.73 Å². The first-order valence-corrected chi connectivity index (χ1v) is 5.31. The zero-order chi connectivity index (χ0) is 13.5. The molecule has 0 heterocycles. The lowest BCUT2D eigenvalue weighted by atomic mass is 10.0. The number of aldehydes is 1. The third-order valence-electron chi connectivity index (χ3n) is 2.28. The van der Waals surface area contributed by atoms with Gasteiger partial charge in [-0.15, -0.1) is 0 Å². The predicted molar refractivity (Wildman–Crippen MR) is 70.8 cm³/mol. The van der Waals surface area contributed by atoms with Crippen LogP contribution in [0.25, 0.3) is 10.8 Å². The third kappa shape index (κ3) is 3.40. The van der Waals surface area contributed by atoms with Gasteiger partial charge in [0.05, 0.1) is 0 Å². The van der Waals surface area contributed by atoms with E-state index in [0.717, 1.165) is 17.1 Å². The fourth-order valence-electron chi connectivity index (χ4n) is 1.49. The number of methoxy groups -OCH3 is 1. The molecule has 0 aliphatic rings. The van der Waals surface area contributed by atoms with Crippen LogP contribution in [-0.2, 0) is 4.74 Å². The van der Waals surface area contributed by atoms with Crippen LogP contribution in [0.5, 0.6) is 0 Å². The number of carbonyl (C=O) groups excluding carboxylic acids is 2. The van der Waals surface area contributed by atoms with E-state index in [2.05, 4.69) is 4.74 Å². The Labute approximate surface area is 105 Å². The number of hydrogen-bond donors (Lipinski definition) is 1. The molecule has 0 radical (unpaired) electrons. The number of hydrogen-bond acceptors (Lipinski definition) is 3. The summed E-state index contributed by atoms with van der Waals surface area (Å²) in [5.74, 6) is -0.448. The number of benzene rings is 2. The molecular weight excluding hydrogens is 230 g/mol. The van der Waals surface area contributed by atoms with Crippen molar-refractivity contribution in [1.29, 1.82) is 0 Å². The van der Waals surface area contributed by atoms with Crippen molar-refractivity contribution in [2.45, 2.75) is 0 Å². The maximum atomic E-state index is 10.9. The average molecular weight is 245 g/mol. The zero-order valence-electron chi connectivity index (χ0n) is 10.3. The van der Waals surface area contributed by atoms with Crippen LogP contribution in [0.2, 0.25) is 0 Å². The van der Waals surface area contributed by atoms with E-state index in [-0.39, 0.29) is 0 Å². The Kier molecular flexibility index (Phi) is 5.02. The second-order valence-corrected chi connectivity index (χ2v) is 3.71. The van der Waals surface area contributed by atoms with E-state index < -0.39 is 5.91 Å². The van der Waals surface area contributed by atoms with Gasteiger partial charge in [0.15, 0.2) is 0 Å². The lowest BCUT2D eigenvalue weighted by Gasteiger charge is -2.00. The number of primary amides is 1. The van der Waals surface area contributed by atoms with E-state index in [1.54, 1.807) is 50.6 Å². The molecule has 0 aliphatic carbocycles. The number of fused-ring (bicyclic) bond motifs is 1. The molecule has 0 atom stereocenters. The van der Waals surface area contributed by atoms with Gasteiger partial charge in [0.25, 0.3) is 0 Å². The van der Waals surface area contributed by atoms with Crippen LogP contribution < -0.4 is 5.73 Å². The number of rotatable bonds is 2. The molecule has 2 N–H and O–H groups in total. The van der Waals surface area contributed by atoms with Gasteiger partial charge in [-0.1, -0.05) is 18.2 Å². The number of carbonyl (C=O) groups is 2. The normalized spacial score (nSPS) is 9.44. The summed E-state index contributed by atoms with van der Waals surface area (Å²) in [6.45, 7) is 0. The first-order chi connectivity index (χ1) is 8.62. The van der Waals surface area contributed by atoms with Crippen LogP contribution in [0.4, 0.5) is 0 Å². The standard InChI is InChI=1S/C12H9NO2.C2H6O/c13-12(15)11-4-3-9-5-8(7-14)1-2-10(9)6-11;1-3-2/h1-7H,(H2,13,15);1-2H3. The molecule has 18 heavy (non-hydrogen) atoms. The molecule has 0 unspecified atom stereocenters. The third-order valence-corrected chi connectivity index (χ3v) is 2.28. The number of ether oxygens (including phenoxy) is 1. The lowest BCUT2D eigenvalue weighted by molar-refractivity contribution is 0.1000. The Balaban J connectivity index is 0.000000492. The largest absolute Gasteiger partial charge is 0.388 e. The van der Waals surface area contributed by atoms with Gasteiger partial charge in [0.2, 0.25) is 5.91 Å². The SMILES string of the molecule is COC.NC(=O)c1ccc2cc(C=O)ccc2c1. The van der Waals surface area contributed by atoms with Crippen LogP contribution in [0.1, 0.15) is 20.7 Å². The van der Waals surface area contributed by atoms with Crippen molar-refractivity contribution in [2.24, 2.45) is 5.73 Å². The summed E-state index contributed by atoms with van der Waals surface area (Å²) in [4.78, 5) is 21.5. The summed E-state index contributed by atoms with van der Waals surface area (Å²) in [7, 11) is 3.25. The summed E-state index contributed by atoms with van der Waals surface area (Å²) in [6.07, 6.45) is 0.793. The fraction of sp³-hybridized carbons (Fsp3) is 0.143. The molecule has 4 heteroatoms. The Morgan fingerprint density at radius 3 is 2.22 bits per heavy atom. The van der Waals surface area contributed by atoms with Gasteiger partial charge in [0, 0.05) is 25.3 Å². The van der Waals surface area contributed by atoms with Crippen LogP contribution in [0.15, 0.2) is 36.4 Å². The van der Waals surface area contributed by atoms with Gasteiger partial charge in [-0.3, -0.25) is 9.59 Å². The highest BCUT2D eigenvalue weighted by Gasteiger charge is 2.01. The topological polar surface area (TPSA) is 69.4 Å². The monoisotopic (exact) mass is 245 g/mol. The molecule has 0 spiro atoms. The van der Waals surface area contributed by atoms with E-state index in [9.17, 15) is 9.59 Å². The number of nitrogens with two attached hydrogens (primary N) is 1. The zero-order valence-corrected chi connectivity index (χ0v) is 10.3. The van der Waals surface area contributed by atoms with Crippen molar-refractivity contribution in [3.63, 3.8) is 0 Å². The second-order valence-electron chi connectivity index (χ2n) is 3.71. The predicted octanol–water partition coefficient (Wildman–Crippen LogP) is 2.01. The molecule has 0 saturated heterocycles. The molecule has 2 aromatic rings. The second kappa shape index (κ2) is 6.51. The van der Waals surface area contributed by atoms with Gasteiger partial charge < -0.3 is 10.5 Å². The summed E-state index contributed by atoms with van der Waals surface area (Å²) in [5, 5.41) is 1.82. The van der Waals surface area contributed by atoms with Crippen molar-refractivity contribution in [3.05, 3.63) is 47.5 Å². The molecule has 0 saturated carbocycles. The van der Waals surface area contributed by atoms with Gasteiger partial charge >= 0.3 is 0 Å². The molecule has 2 aromatic carbocycles. The molecule has 0 aliphatic heterocycles. The highest BCUT2D eigenvalue weighted by Crippen LogP contribution is 2.17. The first kappa shape index (κ1) is 13.9. The van der Waals surface area contributed by atoms with Gasteiger partial charge in [0.1, 0.15) is 6.29 Å². The average Bonchev–Trinajstić information content (AvgIpc) is 2.38. The molecule has 0 fully saturated rings. The fourth-order valence-corrected chi connectivity index (χ4v) is 1.49. The van der Waals surface area contributed by atoms with Crippen molar-refractivity contribution in [2.75, 3.05) is 14.2 Å². The van der Waals surface area contributed by atoms with Crippen LogP contribution in [-0.4, -0.2) is 26.4 Å². The van der Waals surface area contributed by atoms with Crippen molar-refractivity contribution in [1.82, 2.24) is 0 Å². The van der Waals surface area contributed by atoms with Crippen molar-refractivity contribution in [3.8, 4) is 0 Å². The highest BCUT2D eigenvalue weighted by atomic mass is 16.4. The Bertz CT molecular complexity index is 564. The summed E-state index contributed by atoms with van der Waals surface area (Å²) >= 11 is 0. The Morgan fingerprint density at radius 1 is 1.11 bits per heavy atom.